The lowest BCUT2D eigenvalue weighted by Crippen LogP contribution is -2.06. The molecule has 0 spiro atoms. The molecule has 0 bridgehead atoms. The van der Waals surface area contributed by atoms with Crippen LogP contribution in [0.2, 0.25) is 0 Å². The zero-order chi connectivity index (χ0) is 18.3. The molecule has 0 unspecified atom stereocenters. The van der Waals surface area contributed by atoms with Crippen molar-refractivity contribution in [3.8, 4) is 23.0 Å². The number of methoxy groups -OCH3 is 1. The van der Waals surface area contributed by atoms with Crippen LogP contribution in [0.4, 0.5) is 0 Å². The molecule has 1 aliphatic rings. The van der Waals surface area contributed by atoms with Crippen LogP contribution >= 0.6 is 0 Å². The maximum absolute atomic E-state index is 11.7. The van der Waals surface area contributed by atoms with Gasteiger partial charge < -0.3 is 9.47 Å². The van der Waals surface area contributed by atoms with Crippen molar-refractivity contribution in [2.24, 2.45) is 0 Å². The third kappa shape index (κ3) is 2.63. The monoisotopic (exact) mass is 353 g/mol. The Balaban J connectivity index is 1.80. The number of aromatic nitrogens is 5. The summed E-state index contributed by atoms with van der Waals surface area (Å²) in [7, 11) is 1.34. The number of hydrogen-bond acceptors (Lipinski definition) is 6. The van der Waals surface area contributed by atoms with E-state index in [-0.39, 0.29) is 6.04 Å². The molecule has 4 heterocycles. The van der Waals surface area contributed by atoms with Crippen LogP contribution in [0.5, 0.6) is 5.75 Å². The molecule has 3 aromatic heterocycles. The summed E-state index contributed by atoms with van der Waals surface area (Å²) in [5.41, 5.74) is 2.14. The topological polar surface area (TPSA) is 84.1 Å². The van der Waals surface area contributed by atoms with Gasteiger partial charge in [0.15, 0.2) is 11.6 Å². The molecule has 0 saturated carbocycles. The molecule has 0 atom stereocenters. The molecule has 4 rings (SSSR count). The fourth-order valence-electron chi connectivity index (χ4n) is 3.04. The van der Waals surface area contributed by atoms with Crippen molar-refractivity contribution < 1.29 is 14.3 Å². The normalized spacial score (nSPS) is 12.9. The van der Waals surface area contributed by atoms with E-state index in [4.69, 9.17) is 14.5 Å². The lowest BCUT2D eigenvalue weighted by Gasteiger charge is -2.10. The van der Waals surface area contributed by atoms with Crippen LogP contribution < -0.4 is 4.74 Å². The number of hydrogen-bond donors (Lipinski definition) is 0. The highest BCUT2D eigenvalue weighted by molar-refractivity contribution is 5.89. The van der Waals surface area contributed by atoms with Gasteiger partial charge in [-0.3, -0.25) is 9.25 Å². The molecule has 0 amide bonds. The van der Waals surface area contributed by atoms with E-state index in [9.17, 15) is 4.79 Å². The summed E-state index contributed by atoms with van der Waals surface area (Å²) in [5, 5.41) is 4.38. The van der Waals surface area contributed by atoms with Gasteiger partial charge in [-0.2, -0.15) is 5.10 Å². The largest absolute Gasteiger partial charge is 0.489 e. The first-order chi connectivity index (χ1) is 12.6. The van der Waals surface area contributed by atoms with Gasteiger partial charge in [0.25, 0.3) is 0 Å². The SMILES string of the molecule is COC(=O)c1cnc2c(c1)OCCc1nc(-c3ccnn3C(C)C)cn1-2. The van der Waals surface area contributed by atoms with Crippen LogP contribution in [-0.4, -0.2) is 44.0 Å². The lowest BCUT2D eigenvalue weighted by molar-refractivity contribution is 0.0599. The maximum Gasteiger partial charge on any atom is 0.339 e. The number of rotatable bonds is 3. The Morgan fingerprint density at radius 1 is 1.38 bits per heavy atom. The van der Waals surface area contributed by atoms with E-state index >= 15 is 0 Å². The Morgan fingerprint density at radius 3 is 3.00 bits per heavy atom. The van der Waals surface area contributed by atoms with E-state index in [1.807, 2.05) is 21.5 Å². The second kappa shape index (κ2) is 6.29. The Labute approximate surface area is 150 Å². The van der Waals surface area contributed by atoms with Crippen molar-refractivity contribution in [3.63, 3.8) is 0 Å². The number of carbonyl (C=O) groups is 1. The fraction of sp³-hybridized carbons (Fsp3) is 0.333. The van der Waals surface area contributed by atoms with Gasteiger partial charge in [0.2, 0.25) is 0 Å². The van der Waals surface area contributed by atoms with Crippen LogP contribution in [0.15, 0.2) is 30.7 Å². The number of ether oxygens (including phenoxy) is 2. The number of fused-ring (bicyclic) bond motifs is 3. The molecule has 0 N–H and O–H groups in total. The quantitative estimate of drug-likeness (QED) is 0.673. The van der Waals surface area contributed by atoms with E-state index in [0.717, 1.165) is 17.2 Å². The molecular weight excluding hydrogens is 334 g/mol. The average Bonchev–Trinajstić information content (AvgIpc) is 3.25. The first-order valence-electron chi connectivity index (χ1n) is 8.42. The van der Waals surface area contributed by atoms with E-state index < -0.39 is 5.97 Å². The minimum Gasteiger partial charge on any atom is -0.489 e. The van der Waals surface area contributed by atoms with Crippen molar-refractivity contribution in [1.29, 1.82) is 0 Å². The molecule has 8 heteroatoms. The van der Waals surface area contributed by atoms with Gasteiger partial charge in [0.05, 0.1) is 25.0 Å². The van der Waals surface area contributed by atoms with Crippen LogP contribution in [-0.2, 0) is 11.2 Å². The predicted octanol–water partition coefficient (Wildman–Crippen LogP) is 2.43. The molecule has 0 fully saturated rings. The smallest absolute Gasteiger partial charge is 0.339 e. The summed E-state index contributed by atoms with van der Waals surface area (Å²) in [6.45, 7) is 4.62. The number of nitrogens with zero attached hydrogens (tertiary/aromatic N) is 5. The molecule has 1 aliphatic heterocycles. The van der Waals surface area contributed by atoms with Gasteiger partial charge in [-0.25, -0.2) is 14.8 Å². The molecule has 0 saturated heterocycles. The summed E-state index contributed by atoms with van der Waals surface area (Å²) in [4.78, 5) is 20.9. The summed E-state index contributed by atoms with van der Waals surface area (Å²) >= 11 is 0. The van der Waals surface area contributed by atoms with Crippen molar-refractivity contribution >= 4 is 5.97 Å². The average molecular weight is 353 g/mol. The summed E-state index contributed by atoms with van der Waals surface area (Å²) in [6, 6.07) is 3.84. The van der Waals surface area contributed by atoms with E-state index in [2.05, 4.69) is 23.9 Å². The number of imidazole rings is 1. The molecule has 0 aliphatic carbocycles. The highest BCUT2D eigenvalue weighted by Gasteiger charge is 2.22. The van der Waals surface area contributed by atoms with E-state index in [1.165, 1.54) is 13.3 Å². The van der Waals surface area contributed by atoms with Gasteiger partial charge in [0, 0.05) is 37.1 Å². The Morgan fingerprint density at radius 2 is 2.23 bits per heavy atom. The molecule has 8 nitrogen and oxygen atoms in total. The fourth-order valence-corrected chi connectivity index (χ4v) is 3.04. The van der Waals surface area contributed by atoms with Crippen molar-refractivity contribution in [2.45, 2.75) is 26.3 Å². The Hall–Kier alpha value is -3.16. The van der Waals surface area contributed by atoms with Crippen LogP contribution in [0.3, 0.4) is 0 Å². The molecule has 134 valence electrons. The summed E-state index contributed by atoms with van der Waals surface area (Å²) in [5.74, 6) is 1.56. The number of carbonyl (C=O) groups excluding carboxylic acids is 1. The minimum atomic E-state index is -0.444. The third-order valence-corrected chi connectivity index (χ3v) is 4.27. The highest BCUT2D eigenvalue weighted by Crippen LogP contribution is 2.30. The van der Waals surface area contributed by atoms with Crippen molar-refractivity contribution in [1.82, 2.24) is 24.3 Å². The second-order valence-electron chi connectivity index (χ2n) is 6.30. The van der Waals surface area contributed by atoms with Gasteiger partial charge in [-0.15, -0.1) is 0 Å². The molecule has 0 aromatic carbocycles. The van der Waals surface area contributed by atoms with Gasteiger partial charge in [0.1, 0.15) is 11.5 Å². The lowest BCUT2D eigenvalue weighted by atomic mass is 10.2. The molecular formula is C18H19N5O3. The molecule has 0 radical (unpaired) electrons. The third-order valence-electron chi connectivity index (χ3n) is 4.27. The summed E-state index contributed by atoms with van der Waals surface area (Å²) < 4.78 is 14.4. The molecule has 26 heavy (non-hydrogen) atoms. The van der Waals surface area contributed by atoms with Gasteiger partial charge in [-0.05, 0) is 19.9 Å². The number of esters is 1. The Kier molecular flexibility index (Phi) is 3.95. The maximum atomic E-state index is 11.7. The zero-order valence-electron chi connectivity index (χ0n) is 14.8. The van der Waals surface area contributed by atoms with E-state index in [0.29, 0.717) is 30.2 Å². The van der Waals surface area contributed by atoms with Gasteiger partial charge >= 0.3 is 5.97 Å². The Bertz CT molecular complexity index is 973. The highest BCUT2D eigenvalue weighted by atomic mass is 16.5. The van der Waals surface area contributed by atoms with Gasteiger partial charge in [-0.1, -0.05) is 0 Å². The van der Waals surface area contributed by atoms with Crippen LogP contribution in [0.25, 0.3) is 17.2 Å². The zero-order valence-corrected chi connectivity index (χ0v) is 14.8. The van der Waals surface area contributed by atoms with Crippen LogP contribution in [0.1, 0.15) is 36.1 Å². The predicted molar refractivity (Wildman–Crippen MR) is 93.5 cm³/mol. The minimum absolute atomic E-state index is 0.234. The second-order valence-corrected chi connectivity index (χ2v) is 6.30. The summed E-state index contributed by atoms with van der Waals surface area (Å²) in [6.07, 6.45) is 5.84. The first kappa shape index (κ1) is 16.3. The molecule has 3 aromatic rings. The van der Waals surface area contributed by atoms with E-state index in [1.54, 1.807) is 12.3 Å². The first-order valence-corrected chi connectivity index (χ1v) is 8.42. The van der Waals surface area contributed by atoms with Crippen molar-refractivity contribution in [3.05, 3.63) is 42.1 Å². The van der Waals surface area contributed by atoms with Crippen molar-refractivity contribution in [2.75, 3.05) is 13.7 Å². The number of pyridine rings is 1. The standard InChI is InChI=1S/C18H19N5O3/c1-11(2)23-14(4-6-20-23)13-10-22-16(21-13)5-7-26-15-8-12(18(24)25-3)9-19-17(15)22/h4,6,8-11H,5,7H2,1-3H3. The van der Waals surface area contributed by atoms with Crippen LogP contribution in [0, 0.1) is 0 Å².